The summed E-state index contributed by atoms with van der Waals surface area (Å²) >= 11 is 15.2. The molecule has 15 rings (SSSR count). The number of carbonyl (C=O) groups is 2. The molecule has 9 aliphatic rings. The van der Waals surface area contributed by atoms with Gasteiger partial charge in [-0.1, -0.05) is 240 Å². The van der Waals surface area contributed by atoms with E-state index in [0.29, 0.717) is 63.8 Å². The molecule has 4 saturated carbocycles. The van der Waals surface area contributed by atoms with Crippen molar-refractivity contribution < 1.29 is 28.9 Å². The lowest BCUT2D eigenvalue weighted by Gasteiger charge is -2.54. The van der Waals surface area contributed by atoms with E-state index in [9.17, 15) is 14.7 Å². The Hall–Kier alpha value is -5.91. The maximum Gasteiger partial charge on any atom is 0.405 e. The first-order valence-corrected chi connectivity index (χ1v) is 42.0. The number of ether oxygens (including phenoxy) is 3. The molecular formula is C94H134Cl3N7O6. The second-order valence-corrected chi connectivity index (χ2v) is 35.1. The fourth-order valence-electron chi connectivity index (χ4n) is 20.2. The molecule has 5 aliphatic heterocycles. The number of nitrogens with zero attached hydrogens (tertiary/aromatic N) is 4. The third kappa shape index (κ3) is 23.6. The zero-order chi connectivity index (χ0) is 79.9. The van der Waals surface area contributed by atoms with Crippen LogP contribution in [0.15, 0.2) is 170 Å². The number of hydrazine groups is 1. The van der Waals surface area contributed by atoms with Crippen molar-refractivity contribution in [3.8, 4) is 5.75 Å². The molecule has 8 fully saturated rings. The number of aryl methyl sites for hydroxylation is 4. The number of Topliss-reactive ketones (excluding diaryl/α,β-unsaturated/α-hetero) is 1. The van der Waals surface area contributed by atoms with Gasteiger partial charge in [0.15, 0.2) is 12.4 Å². The average Bonchev–Trinajstić information content (AvgIpc) is 0.731. The van der Waals surface area contributed by atoms with Crippen LogP contribution in [0.5, 0.6) is 5.75 Å². The van der Waals surface area contributed by atoms with Gasteiger partial charge in [-0.3, -0.25) is 21.4 Å². The first-order chi connectivity index (χ1) is 52.6. The molecule has 4 aliphatic carbocycles. The van der Waals surface area contributed by atoms with Crippen LogP contribution in [0.25, 0.3) is 5.57 Å². The number of phenolic OH excluding ortho intramolecular Hbond substituents is 1. The average molecular weight is 1560 g/mol. The van der Waals surface area contributed by atoms with Crippen molar-refractivity contribution in [2.75, 3.05) is 80.2 Å². The van der Waals surface area contributed by atoms with Crippen molar-refractivity contribution in [2.45, 2.75) is 223 Å². The molecule has 6 N–H and O–H groups in total. The van der Waals surface area contributed by atoms with Gasteiger partial charge in [-0.15, -0.1) is 11.6 Å². The Morgan fingerprint density at radius 3 is 1.64 bits per heavy atom. The summed E-state index contributed by atoms with van der Waals surface area (Å²) in [4.78, 5) is 32.0. The van der Waals surface area contributed by atoms with Crippen molar-refractivity contribution in [3.05, 3.63) is 226 Å². The number of nitrogens with one attached hydrogen (secondary N) is 1. The minimum absolute atomic E-state index is 0.0819. The summed E-state index contributed by atoms with van der Waals surface area (Å²) < 4.78 is 13.5. The van der Waals surface area contributed by atoms with Crippen LogP contribution in [-0.4, -0.2) is 146 Å². The topological polar surface area (TPSA) is 159 Å². The number of benzene rings is 6. The van der Waals surface area contributed by atoms with Gasteiger partial charge in [-0.25, -0.2) is 4.79 Å². The summed E-state index contributed by atoms with van der Waals surface area (Å²) in [5.74, 6) is 13.0. The molecule has 14 atom stereocenters. The van der Waals surface area contributed by atoms with Crippen LogP contribution in [0.2, 0.25) is 0 Å². The minimum Gasteiger partial charge on any atom is -0.508 e. The van der Waals surface area contributed by atoms with E-state index in [1.54, 1.807) is 24.3 Å². The quantitative estimate of drug-likeness (QED) is 0.0229. The SMILES string of the molecule is C=C(CCl)OCOC.CC(Cl)OC(=O)Cl.C[C@@H]1CN(Cc2ccccc2)[C@H]2CCC[C@]1(c1cccc(O)c1)C2.Cc1cccc(C2=CCN(C)CC2C)c1.Cc1cccc([C@@]23CC(=O)C[C@@H](C2)N(C)C[C@H]3C)c1.Cc1cccc([C@@]23CCC[C@@H](C2)N(C)C[C@H]3C)c1.Cc1cccc([C@@]23CCC[C@@H](C2)NC[C@H]3C)c1.NN. The smallest absolute Gasteiger partial charge is 0.405 e. The number of methoxy groups -OCH3 is 1. The molecule has 4 saturated heterocycles. The highest BCUT2D eigenvalue weighted by atomic mass is 35.5. The number of aromatic hydroxyl groups is 1. The number of likely N-dealkylation sites (tertiary alicyclic amines) is 3. The van der Waals surface area contributed by atoms with Crippen molar-refractivity contribution >= 4 is 51.6 Å². The van der Waals surface area contributed by atoms with E-state index >= 15 is 0 Å². The van der Waals surface area contributed by atoms with Crippen molar-refractivity contribution in [1.29, 1.82) is 0 Å². The van der Waals surface area contributed by atoms with Gasteiger partial charge in [0.1, 0.15) is 17.3 Å². The third-order valence-corrected chi connectivity index (χ3v) is 26.5. The molecule has 0 aromatic heterocycles. The molecule has 110 heavy (non-hydrogen) atoms. The van der Waals surface area contributed by atoms with E-state index in [1.807, 2.05) is 12.1 Å². The third-order valence-electron chi connectivity index (χ3n) is 26.1. The number of allylic oxidation sites excluding steroid dienone is 1. The van der Waals surface area contributed by atoms with Crippen LogP contribution in [0.4, 0.5) is 4.79 Å². The van der Waals surface area contributed by atoms with Crippen molar-refractivity contribution in [1.82, 2.24) is 24.9 Å². The van der Waals surface area contributed by atoms with Gasteiger partial charge in [0.2, 0.25) is 0 Å². The number of nitrogens with two attached hydrogens (primary N) is 2. The Kier molecular flexibility index (Phi) is 34.6. The van der Waals surface area contributed by atoms with Gasteiger partial charge in [0.05, 0.1) is 5.88 Å². The maximum absolute atomic E-state index is 12.2. The molecule has 6 aromatic rings. The van der Waals surface area contributed by atoms with Gasteiger partial charge >= 0.3 is 5.43 Å². The number of rotatable bonds is 12. The Balaban J connectivity index is 0.000000165. The highest BCUT2D eigenvalue weighted by molar-refractivity contribution is 6.61. The highest BCUT2D eigenvalue weighted by Gasteiger charge is 2.52. The number of piperidine rings is 4. The predicted octanol–water partition coefficient (Wildman–Crippen LogP) is 19.9. The Morgan fingerprint density at radius 1 is 0.618 bits per heavy atom. The predicted molar refractivity (Wildman–Crippen MR) is 459 cm³/mol. The summed E-state index contributed by atoms with van der Waals surface area (Å²) in [6.45, 7) is 33.9. The molecule has 0 amide bonds. The number of hydrogen-bond donors (Lipinski definition) is 4. The molecule has 5 heterocycles. The number of phenols is 1. The van der Waals surface area contributed by atoms with Crippen LogP contribution in [-0.2, 0) is 47.2 Å². The van der Waals surface area contributed by atoms with Gasteiger partial charge in [-0.05, 0) is 207 Å². The number of carbonyl (C=O) groups excluding carboxylic acids is 2. The number of alkyl halides is 2. The van der Waals surface area contributed by atoms with Crippen LogP contribution in [0, 0.1) is 57.3 Å². The summed E-state index contributed by atoms with van der Waals surface area (Å²) in [6.07, 6.45) is 21.1. The van der Waals surface area contributed by atoms with Crippen LogP contribution in [0.3, 0.4) is 0 Å². The van der Waals surface area contributed by atoms with Gasteiger partial charge < -0.3 is 39.3 Å². The first kappa shape index (κ1) is 89.6. The molecular weight excluding hydrogens is 1430 g/mol. The highest BCUT2D eigenvalue weighted by Crippen LogP contribution is 2.53. The molecule has 8 bridgehead atoms. The van der Waals surface area contributed by atoms with Gasteiger partial charge in [-0.2, -0.15) is 0 Å². The van der Waals surface area contributed by atoms with E-state index in [0.717, 1.165) is 69.4 Å². The number of hydrogen-bond acceptors (Lipinski definition) is 13. The molecule has 2 unspecified atom stereocenters. The molecule has 0 radical (unpaired) electrons. The monoisotopic (exact) mass is 1560 g/mol. The van der Waals surface area contributed by atoms with Crippen LogP contribution in [0.1, 0.15) is 193 Å². The summed E-state index contributed by atoms with van der Waals surface area (Å²) in [5.41, 5.74) is 15.5. The fraction of sp³-hybridized carbons (Fsp3) is 0.553. The van der Waals surface area contributed by atoms with Crippen molar-refractivity contribution in [3.63, 3.8) is 0 Å². The Labute approximate surface area is 677 Å². The standard InChI is InChI=1S/C22H27NO.C17H23NO.C17H25N.C16H23N.C14H19N.C5H9ClO2.C3H4Cl2O2.H4N2/c1-17-15-23(16-18-7-3-2-4-8-18)20-10-6-12-22(17,14-20)19-9-5-11-21(24)13-19;1-12-5-4-6-14(7-12)17-9-15(8-16(19)10-17)18(3)11-13(17)2;1-13-6-4-7-15(10-13)17-9-5-8-16(11-17)18(3)12-14(17)2;1-12-5-3-6-14(9-12)16-8-4-7-15(10-16)17-11-13(16)2;1-11-5-4-6-13(9-11)14-7-8-15(3)10-12(14)2;1-5(3-6)8-4-7-2;1-2(4)7-3(5)6;1-2/h2-5,7-9,11,13,17,20,24H,6,10,12,14-16H2,1H3;4-7,13,15H,8-11H2,1-3H3;4,6-7,10,14,16H,5,8-9,11-12H2,1-3H3;3,5-6,9,13,15,17H,4,7-8,10-11H2,1-2H3;4-7,9,12H,8,10H2,1-3H3;1,3-4H2,2H3;2H,1H3;1-2H2/t17-,20+,22+;13-,15+,17-;14-,16+,17+;13-,15+,16+;;;;/m1111..../s1. The lowest BCUT2D eigenvalue weighted by Crippen LogP contribution is -2.57. The molecule has 0 spiro atoms. The lowest BCUT2D eigenvalue weighted by molar-refractivity contribution is -0.128. The van der Waals surface area contributed by atoms with Gasteiger partial charge in [0.25, 0.3) is 0 Å². The second-order valence-electron chi connectivity index (χ2n) is 33.9. The molecule has 16 heteroatoms. The zero-order valence-electron chi connectivity index (χ0n) is 69.0. The maximum atomic E-state index is 12.2. The molecule has 6 aromatic carbocycles. The van der Waals surface area contributed by atoms with Crippen LogP contribution >= 0.6 is 34.8 Å². The number of ketones is 1. The van der Waals surface area contributed by atoms with E-state index in [-0.39, 0.29) is 17.6 Å². The Morgan fingerprint density at radius 2 is 1.11 bits per heavy atom. The molecule has 602 valence electrons. The van der Waals surface area contributed by atoms with Crippen LogP contribution < -0.4 is 17.0 Å². The summed E-state index contributed by atoms with van der Waals surface area (Å²) in [6, 6.07) is 57.7. The number of likely N-dealkylation sites (N-methyl/N-ethyl adjacent to an activating group) is 1. The largest absolute Gasteiger partial charge is 0.508 e. The van der Waals surface area contributed by atoms with E-state index in [1.165, 1.54) is 154 Å². The van der Waals surface area contributed by atoms with E-state index < -0.39 is 11.0 Å². The number of fused-ring (bicyclic) bond motifs is 8. The van der Waals surface area contributed by atoms with E-state index in [2.05, 4.69) is 276 Å². The lowest BCUT2D eigenvalue weighted by atomic mass is 9.58. The number of halogens is 3. The fourth-order valence-corrected chi connectivity index (χ4v) is 20.5. The Bertz CT molecular complexity index is 3900. The minimum atomic E-state index is -0.873. The zero-order valence-corrected chi connectivity index (χ0v) is 71.3. The van der Waals surface area contributed by atoms with E-state index in [4.69, 9.17) is 39.5 Å². The van der Waals surface area contributed by atoms with Crippen molar-refractivity contribution in [2.24, 2.45) is 41.3 Å². The normalized spacial score (nSPS) is 29.0. The van der Waals surface area contributed by atoms with Gasteiger partial charge in [0, 0.05) is 117 Å². The second kappa shape index (κ2) is 42.5. The molecule has 13 nitrogen and oxygen atoms in total. The summed E-state index contributed by atoms with van der Waals surface area (Å²) in [5, 5.41) is 13.7. The first-order valence-electron chi connectivity index (χ1n) is 40.7. The summed E-state index contributed by atoms with van der Waals surface area (Å²) in [7, 11) is 8.20.